The molecule has 1 fully saturated rings. The highest BCUT2D eigenvalue weighted by Crippen LogP contribution is 2.33. The number of aromatic nitrogens is 3. The molecule has 160 valence electrons. The normalized spacial score (nSPS) is 16.3. The van der Waals surface area contributed by atoms with Gasteiger partial charge in [0.2, 0.25) is 10.0 Å². The minimum atomic E-state index is -3.69. The first-order chi connectivity index (χ1) is 14.3. The number of aryl methyl sites for hydroxylation is 2. The minimum absolute atomic E-state index is 0.177. The molecule has 0 amide bonds. The Kier molecular flexibility index (Phi) is 5.52. The van der Waals surface area contributed by atoms with E-state index in [2.05, 4.69) is 21.9 Å². The number of benzene rings is 1. The van der Waals surface area contributed by atoms with Crippen LogP contribution >= 0.6 is 0 Å². The van der Waals surface area contributed by atoms with Crippen LogP contribution in [0.15, 0.2) is 35.4 Å². The number of hydrogen-bond acceptors (Lipinski definition) is 6. The summed E-state index contributed by atoms with van der Waals surface area (Å²) >= 11 is 0. The second kappa shape index (κ2) is 7.98. The van der Waals surface area contributed by atoms with E-state index in [1.807, 2.05) is 26.0 Å². The van der Waals surface area contributed by atoms with Gasteiger partial charge in [0, 0.05) is 43.1 Å². The van der Waals surface area contributed by atoms with E-state index in [9.17, 15) is 8.42 Å². The minimum Gasteiger partial charge on any atom is -0.495 e. The van der Waals surface area contributed by atoms with E-state index in [1.165, 1.54) is 7.11 Å². The van der Waals surface area contributed by atoms with Gasteiger partial charge in [-0.25, -0.2) is 17.9 Å². The first kappa shape index (κ1) is 20.8. The lowest BCUT2D eigenvalue weighted by Gasteiger charge is -2.33. The van der Waals surface area contributed by atoms with E-state index in [0.29, 0.717) is 24.5 Å². The zero-order valence-corrected chi connectivity index (χ0v) is 18.6. The third kappa shape index (κ3) is 3.57. The highest BCUT2D eigenvalue weighted by atomic mass is 32.2. The Hall–Kier alpha value is -2.49. The van der Waals surface area contributed by atoms with Crippen LogP contribution in [-0.2, 0) is 10.0 Å². The van der Waals surface area contributed by atoms with Crippen molar-refractivity contribution in [1.82, 2.24) is 23.8 Å². The fourth-order valence-electron chi connectivity index (χ4n) is 3.95. The number of methoxy groups -OCH3 is 1. The molecule has 3 aromatic rings. The van der Waals surface area contributed by atoms with Gasteiger partial charge >= 0.3 is 0 Å². The standard InChI is InChI=1S/C21H27N5O3S/c1-5-24-8-10-25(11-9-24)30(27,28)20-13-17(6-7-19(20)29-4)18-14-22-26-16(3)12-15(2)23-21(18)26/h6-7,12-14H,5,8-11H2,1-4H3. The van der Waals surface area contributed by atoms with Gasteiger partial charge in [-0.2, -0.15) is 9.40 Å². The van der Waals surface area contributed by atoms with Crippen LogP contribution in [0.1, 0.15) is 18.3 Å². The predicted octanol–water partition coefficient (Wildman–Crippen LogP) is 2.35. The van der Waals surface area contributed by atoms with Gasteiger partial charge in [-0.1, -0.05) is 13.0 Å². The van der Waals surface area contributed by atoms with Crippen molar-refractivity contribution in [1.29, 1.82) is 0 Å². The Morgan fingerprint density at radius 1 is 1.10 bits per heavy atom. The number of nitrogens with zero attached hydrogens (tertiary/aromatic N) is 5. The summed E-state index contributed by atoms with van der Waals surface area (Å²) < 4.78 is 35.6. The molecule has 3 heterocycles. The summed E-state index contributed by atoms with van der Waals surface area (Å²) in [5, 5.41) is 4.44. The highest BCUT2D eigenvalue weighted by molar-refractivity contribution is 7.89. The van der Waals surface area contributed by atoms with Gasteiger partial charge in [0.1, 0.15) is 10.6 Å². The van der Waals surface area contributed by atoms with Crippen LogP contribution in [0.2, 0.25) is 0 Å². The maximum Gasteiger partial charge on any atom is 0.246 e. The second-order valence-corrected chi connectivity index (χ2v) is 9.44. The number of sulfonamides is 1. The molecule has 2 aromatic heterocycles. The molecular formula is C21H27N5O3S. The van der Waals surface area contributed by atoms with E-state index >= 15 is 0 Å². The van der Waals surface area contributed by atoms with E-state index < -0.39 is 10.0 Å². The first-order valence-corrected chi connectivity index (χ1v) is 11.5. The lowest BCUT2D eigenvalue weighted by molar-refractivity contribution is 0.196. The Morgan fingerprint density at radius 2 is 1.83 bits per heavy atom. The lowest BCUT2D eigenvalue weighted by atomic mass is 10.1. The largest absolute Gasteiger partial charge is 0.495 e. The topological polar surface area (TPSA) is 80.0 Å². The Labute approximate surface area is 177 Å². The summed E-state index contributed by atoms with van der Waals surface area (Å²) in [7, 11) is -2.19. The van der Waals surface area contributed by atoms with E-state index in [-0.39, 0.29) is 4.90 Å². The molecule has 0 saturated carbocycles. The van der Waals surface area contributed by atoms with Crippen LogP contribution in [0.4, 0.5) is 0 Å². The van der Waals surface area contributed by atoms with Gasteiger partial charge in [-0.15, -0.1) is 0 Å². The third-order valence-electron chi connectivity index (χ3n) is 5.65. The fraction of sp³-hybridized carbons (Fsp3) is 0.429. The van der Waals surface area contributed by atoms with Gasteiger partial charge in [0.25, 0.3) is 0 Å². The maximum atomic E-state index is 13.4. The van der Waals surface area contributed by atoms with E-state index in [1.54, 1.807) is 27.2 Å². The lowest BCUT2D eigenvalue weighted by Crippen LogP contribution is -2.48. The number of ether oxygens (including phenoxy) is 1. The number of rotatable bonds is 5. The summed E-state index contributed by atoms with van der Waals surface area (Å²) in [4.78, 5) is 7.04. The molecule has 9 heteroatoms. The van der Waals surface area contributed by atoms with Gasteiger partial charge in [0.05, 0.1) is 13.3 Å². The maximum absolute atomic E-state index is 13.4. The average molecular weight is 430 g/mol. The van der Waals surface area contributed by atoms with Gasteiger partial charge in [-0.05, 0) is 44.2 Å². The molecule has 0 N–H and O–H groups in total. The highest BCUT2D eigenvalue weighted by Gasteiger charge is 2.31. The molecule has 30 heavy (non-hydrogen) atoms. The van der Waals surface area contributed by atoms with Gasteiger partial charge in [0.15, 0.2) is 5.65 Å². The van der Waals surface area contributed by atoms with Crippen molar-refractivity contribution >= 4 is 15.7 Å². The average Bonchev–Trinajstić information content (AvgIpc) is 3.17. The quantitative estimate of drug-likeness (QED) is 0.619. The van der Waals surface area contributed by atoms with Gasteiger partial charge < -0.3 is 9.64 Å². The van der Waals surface area contributed by atoms with Crippen molar-refractivity contribution < 1.29 is 13.2 Å². The molecule has 1 saturated heterocycles. The Balaban J connectivity index is 1.78. The monoisotopic (exact) mass is 429 g/mol. The number of likely N-dealkylation sites (N-methyl/N-ethyl adjacent to an activating group) is 1. The van der Waals surface area contributed by atoms with Crippen LogP contribution in [-0.4, -0.2) is 72.1 Å². The summed E-state index contributed by atoms with van der Waals surface area (Å²) in [6, 6.07) is 7.19. The number of piperazine rings is 1. The van der Waals surface area contributed by atoms with Crippen LogP contribution in [0.5, 0.6) is 5.75 Å². The van der Waals surface area contributed by atoms with Crippen LogP contribution < -0.4 is 4.74 Å². The first-order valence-electron chi connectivity index (χ1n) is 10.1. The molecule has 0 bridgehead atoms. The summed E-state index contributed by atoms with van der Waals surface area (Å²) in [6.07, 6.45) is 1.73. The summed E-state index contributed by atoms with van der Waals surface area (Å²) in [5.74, 6) is 0.341. The van der Waals surface area contributed by atoms with Crippen LogP contribution in [0, 0.1) is 13.8 Å². The summed E-state index contributed by atoms with van der Waals surface area (Å²) in [6.45, 7) is 9.32. The number of fused-ring (bicyclic) bond motifs is 1. The SMILES string of the molecule is CCN1CCN(S(=O)(=O)c2cc(-c3cnn4c(C)cc(C)nc34)ccc2OC)CC1. The second-order valence-electron chi connectivity index (χ2n) is 7.54. The van der Waals surface area contributed by atoms with Crippen LogP contribution in [0.3, 0.4) is 0 Å². The van der Waals surface area contributed by atoms with Crippen molar-refractivity contribution in [2.45, 2.75) is 25.7 Å². The molecular weight excluding hydrogens is 402 g/mol. The summed E-state index contributed by atoms with van der Waals surface area (Å²) in [5.41, 5.74) is 4.10. The molecule has 1 aromatic carbocycles. The molecule has 0 unspecified atom stereocenters. The van der Waals surface area contributed by atoms with Crippen LogP contribution in [0.25, 0.3) is 16.8 Å². The molecule has 1 aliphatic heterocycles. The van der Waals surface area contributed by atoms with Crippen molar-refractivity contribution in [3.05, 3.63) is 41.9 Å². The fourth-order valence-corrected chi connectivity index (χ4v) is 5.55. The zero-order chi connectivity index (χ0) is 21.5. The molecule has 1 aliphatic rings. The molecule has 4 rings (SSSR count). The van der Waals surface area contributed by atoms with Gasteiger partial charge in [-0.3, -0.25) is 0 Å². The molecule has 0 spiro atoms. The van der Waals surface area contributed by atoms with E-state index in [0.717, 1.165) is 42.1 Å². The van der Waals surface area contributed by atoms with Crippen molar-refractivity contribution in [2.24, 2.45) is 0 Å². The molecule has 0 radical (unpaired) electrons. The third-order valence-corrected chi connectivity index (χ3v) is 7.57. The Bertz CT molecular complexity index is 1180. The zero-order valence-electron chi connectivity index (χ0n) is 17.8. The molecule has 0 aliphatic carbocycles. The van der Waals surface area contributed by atoms with Crippen molar-refractivity contribution in [3.8, 4) is 16.9 Å². The smallest absolute Gasteiger partial charge is 0.246 e. The predicted molar refractivity (Wildman–Crippen MR) is 115 cm³/mol. The molecule has 0 atom stereocenters. The van der Waals surface area contributed by atoms with Crippen molar-refractivity contribution in [3.63, 3.8) is 0 Å². The van der Waals surface area contributed by atoms with Crippen molar-refractivity contribution in [2.75, 3.05) is 39.8 Å². The number of hydrogen-bond donors (Lipinski definition) is 0. The Morgan fingerprint density at radius 3 is 2.50 bits per heavy atom. The molecule has 8 nitrogen and oxygen atoms in total. The van der Waals surface area contributed by atoms with E-state index in [4.69, 9.17) is 4.74 Å².